The van der Waals surface area contributed by atoms with Gasteiger partial charge in [-0.05, 0) is 23.5 Å². The number of hydrogen-bond acceptors (Lipinski definition) is 0. The average Bonchev–Trinajstić information content (AvgIpc) is 2.18. The van der Waals surface area contributed by atoms with E-state index in [1.165, 1.54) is 31.2 Å². The summed E-state index contributed by atoms with van der Waals surface area (Å²) in [6, 6.07) is 8.32. The SMILES string of the molecule is CCCCCC(C)(C)c1ccccc1[S]. The van der Waals surface area contributed by atoms with Gasteiger partial charge >= 0.3 is 0 Å². The molecule has 0 saturated heterocycles. The van der Waals surface area contributed by atoms with Crippen molar-refractivity contribution in [3.8, 4) is 0 Å². The molecule has 0 aromatic heterocycles. The molecule has 0 bridgehead atoms. The highest BCUT2D eigenvalue weighted by atomic mass is 32.1. The van der Waals surface area contributed by atoms with E-state index in [1.54, 1.807) is 0 Å². The molecule has 0 nitrogen and oxygen atoms in total. The zero-order valence-corrected chi connectivity index (χ0v) is 10.9. The second kappa shape index (κ2) is 5.50. The van der Waals surface area contributed by atoms with E-state index in [-0.39, 0.29) is 5.41 Å². The lowest BCUT2D eigenvalue weighted by Crippen LogP contribution is -2.17. The Labute approximate surface area is 99.5 Å². The number of benzene rings is 1. The molecule has 0 unspecified atom stereocenters. The first-order valence-corrected chi connectivity index (χ1v) is 6.25. The van der Waals surface area contributed by atoms with Crippen molar-refractivity contribution in [3.05, 3.63) is 29.8 Å². The second-order valence-electron chi connectivity index (χ2n) is 4.84. The Hall–Kier alpha value is -0.560. The van der Waals surface area contributed by atoms with Crippen molar-refractivity contribution in [2.45, 2.75) is 56.8 Å². The number of unbranched alkanes of at least 4 members (excludes halogenated alkanes) is 2. The van der Waals surface area contributed by atoms with E-state index in [0.717, 1.165) is 4.90 Å². The van der Waals surface area contributed by atoms with Crippen LogP contribution >= 0.6 is 12.6 Å². The van der Waals surface area contributed by atoms with Crippen molar-refractivity contribution >= 4 is 12.6 Å². The van der Waals surface area contributed by atoms with Gasteiger partial charge in [0.25, 0.3) is 0 Å². The van der Waals surface area contributed by atoms with Crippen LogP contribution in [0.4, 0.5) is 0 Å². The molecule has 0 saturated carbocycles. The smallest absolute Gasteiger partial charge is 0.0414 e. The Morgan fingerprint density at radius 3 is 2.40 bits per heavy atom. The van der Waals surface area contributed by atoms with Crippen LogP contribution in [0, 0.1) is 0 Å². The van der Waals surface area contributed by atoms with Gasteiger partial charge in [-0.15, -0.1) is 0 Å². The van der Waals surface area contributed by atoms with Gasteiger partial charge in [0.2, 0.25) is 0 Å². The van der Waals surface area contributed by atoms with Gasteiger partial charge in [-0.25, -0.2) is 0 Å². The monoisotopic (exact) mass is 221 g/mol. The molecule has 0 atom stereocenters. The molecule has 0 heterocycles. The maximum Gasteiger partial charge on any atom is 0.0414 e. The summed E-state index contributed by atoms with van der Waals surface area (Å²) in [6.07, 6.45) is 5.14. The van der Waals surface area contributed by atoms with Crippen LogP contribution < -0.4 is 0 Å². The van der Waals surface area contributed by atoms with Gasteiger partial charge in [0.15, 0.2) is 0 Å². The molecular formula is C14H21S. The van der Waals surface area contributed by atoms with E-state index in [9.17, 15) is 0 Å². The zero-order valence-electron chi connectivity index (χ0n) is 10.0. The normalized spacial score (nSPS) is 11.7. The lowest BCUT2D eigenvalue weighted by Gasteiger charge is -2.26. The molecule has 0 aliphatic carbocycles. The average molecular weight is 221 g/mol. The number of hydrogen-bond donors (Lipinski definition) is 0. The van der Waals surface area contributed by atoms with Crippen molar-refractivity contribution in [2.24, 2.45) is 0 Å². The lowest BCUT2D eigenvalue weighted by molar-refractivity contribution is 0.444. The van der Waals surface area contributed by atoms with Crippen LogP contribution in [0.3, 0.4) is 0 Å². The molecule has 1 rings (SSSR count). The minimum atomic E-state index is 0.230. The van der Waals surface area contributed by atoms with Crippen LogP contribution in [0.1, 0.15) is 52.0 Å². The van der Waals surface area contributed by atoms with Gasteiger partial charge < -0.3 is 0 Å². The van der Waals surface area contributed by atoms with E-state index in [4.69, 9.17) is 12.6 Å². The van der Waals surface area contributed by atoms with Gasteiger partial charge in [-0.2, -0.15) is 0 Å². The van der Waals surface area contributed by atoms with Gasteiger partial charge in [-0.1, -0.05) is 70.9 Å². The third-order valence-electron chi connectivity index (χ3n) is 3.02. The van der Waals surface area contributed by atoms with Crippen LogP contribution in [0.15, 0.2) is 29.2 Å². The van der Waals surface area contributed by atoms with Crippen LogP contribution in [0.5, 0.6) is 0 Å². The minimum absolute atomic E-state index is 0.230. The first-order chi connectivity index (χ1) is 7.08. The van der Waals surface area contributed by atoms with Gasteiger partial charge in [0, 0.05) is 4.90 Å². The predicted octanol–water partition coefficient (Wildman–Crippen LogP) is 5.10. The van der Waals surface area contributed by atoms with E-state index >= 15 is 0 Å². The summed E-state index contributed by atoms with van der Waals surface area (Å²) in [5.74, 6) is 0. The predicted molar refractivity (Wildman–Crippen MR) is 69.5 cm³/mol. The van der Waals surface area contributed by atoms with Crippen molar-refractivity contribution in [1.29, 1.82) is 0 Å². The molecule has 0 amide bonds. The highest BCUT2D eigenvalue weighted by Crippen LogP contribution is 2.33. The fraction of sp³-hybridized carbons (Fsp3) is 0.571. The molecule has 0 spiro atoms. The first-order valence-electron chi connectivity index (χ1n) is 5.84. The molecule has 15 heavy (non-hydrogen) atoms. The second-order valence-corrected chi connectivity index (χ2v) is 5.28. The van der Waals surface area contributed by atoms with Crippen molar-refractivity contribution in [2.75, 3.05) is 0 Å². The zero-order chi connectivity index (χ0) is 11.3. The Morgan fingerprint density at radius 1 is 1.13 bits per heavy atom. The topological polar surface area (TPSA) is 0 Å². The van der Waals surface area contributed by atoms with Crippen LogP contribution in [-0.4, -0.2) is 0 Å². The third kappa shape index (κ3) is 3.49. The summed E-state index contributed by atoms with van der Waals surface area (Å²) in [6.45, 7) is 6.84. The first kappa shape index (κ1) is 12.5. The molecule has 1 aromatic rings. The minimum Gasteiger partial charge on any atom is -0.0798 e. The summed E-state index contributed by atoms with van der Waals surface area (Å²) in [4.78, 5) is 1.01. The molecule has 83 valence electrons. The van der Waals surface area contributed by atoms with Crippen molar-refractivity contribution in [3.63, 3.8) is 0 Å². The largest absolute Gasteiger partial charge is 0.0798 e. The fourth-order valence-electron chi connectivity index (χ4n) is 1.98. The van der Waals surface area contributed by atoms with Crippen LogP contribution in [0.2, 0.25) is 0 Å². The van der Waals surface area contributed by atoms with Gasteiger partial charge in [0.05, 0.1) is 0 Å². The van der Waals surface area contributed by atoms with Crippen molar-refractivity contribution < 1.29 is 0 Å². The van der Waals surface area contributed by atoms with Gasteiger partial charge in [0.1, 0.15) is 0 Å². The molecule has 0 aliphatic rings. The van der Waals surface area contributed by atoms with E-state index in [1.807, 2.05) is 12.1 Å². The Balaban J connectivity index is 2.72. The van der Waals surface area contributed by atoms with E-state index in [0.29, 0.717) is 0 Å². The molecule has 1 aromatic carbocycles. The quantitative estimate of drug-likeness (QED) is 0.607. The molecule has 1 heteroatoms. The van der Waals surface area contributed by atoms with Crippen molar-refractivity contribution in [1.82, 2.24) is 0 Å². The standard InChI is InChI=1S/C14H21S/c1-4-5-8-11-14(2,3)12-9-6-7-10-13(12)15/h6-7,9-10H,4-5,8,11H2,1-3H3. The van der Waals surface area contributed by atoms with Gasteiger partial charge in [-0.3, -0.25) is 0 Å². The summed E-state index contributed by atoms with van der Waals surface area (Å²) < 4.78 is 0. The summed E-state index contributed by atoms with van der Waals surface area (Å²) in [7, 11) is 0. The molecule has 0 fully saturated rings. The van der Waals surface area contributed by atoms with E-state index < -0.39 is 0 Å². The van der Waals surface area contributed by atoms with Crippen LogP contribution in [-0.2, 0) is 5.41 Å². The highest BCUT2D eigenvalue weighted by molar-refractivity contribution is 7.80. The maximum atomic E-state index is 5.38. The Bertz CT molecular complexity index is 302. The molecule has 0 aliphatic heterocycles. The molecule has 0 N–H and O–H groups in total. The molecular weight excluding hydrogens is 200 g/mol. The summed E-state index contributed by atoms with van der Waals surface area (Å²) in [5, 5.41) is 0. The lowest BCUT2D eigenvalue weighted by atomic mass is 9.80. The Kier molecular flexibility index (Phi) is 4.59. The highest BCUT2D eigenvalue weighted by Gasteiger charge is 2.21. The summed E-state index contributed by atoms with van der Waals surface area (Å²) >= 11 is 5.38. The third-order valence-corrected chi connectivity index (χ3v) is 3.38. The van der Waals surface area contributed by atoms with E-state index in [2.05, 4.69) is 32.9 Å². The maximum absolute atomic E-state index is 5.38. The van der Waals surface area contributed by atoms with Crippen LogP contribution in [0.25, 0.3) is 0 Å². The molecule has 1 radical (unpaired) electrons. The fourth-order valence-corrected chi connectivity index (χ4v) is 2.40. The summed E-state index contributed by atoms with van der Waals surface area (Å²) in [5.41, 5.74) is 1.56. The Morgan fingerprint density at radius 2 is 1.80 bits per heavy atom. The number of rotatable bonds is 5.